The Bertz CT molecular complexity index is 1100. The largest absolute Gasteiger partial charge is 0.334 e. The van der Waals surface area contributed by atoms with Crippen LogP contribution in [0.5, 0.6) is 0 Å². The second kappa shape index (κ2) is 11.1. The zero-order valence-corrected chi connectivity index (χ0v) is 23.3. The Morgan fingerprint density at radius 2 is 1.32 bits per heavy atom. The van der Waals surface area contributed by atoms with Crippen LogP contribution in [0.3, 0.4) is 0 Å². The van der Waals surface area contributed by atoms with Crippen LogP contribution in [0.4, 0.5) is 4.79 Å². The van der Waals surface area contributed by atoms with Crippen LogP contribution in [0.25, 0.3) is 0 Å². The van der Waals surface area contributed by atoms with Gasteiger partial charge in [0, 0.05) is 31.1 Å². The first-order chi connectivity index (χ1) is 17.5. The first-order valence-electron chi connectivity index (χ1n) is 13.5. The average molecular weight is 498 g/mol. The highest BCUT2D eigenvalue weighted by Gasteiger charge is 2.33. The molecule has 3 aromatic carbocycles. The molecule has 2 atom stereocenters. The minimum absolute atomic E-state index is 0.0889. The summed E-state index contributed by atoms with van der Waals surface area (Å²) in [6.45, 7) is 14.8. The standard InChI is InChI=1S/C33H43N3O/c1-32(2,3)26-16-12-24(13-17-26)30(25-14-18-27(19-15-25)33(4,5)6)29-20-28(22-34-29)36-31(37)35-21-23-10-8-7-9-11-23/h7-19,28-30,34H,20-22H2,1-6H3,(H2,35,36,37)/t28-,29-/m1/s1. The van der Waals surface area contributed by atoms with Crippen LogP contribution >= 0.6 is 0 Å². The third-order valence-electron chi connectivity index (χ3n) is 7.47. The molecule has 3 aromatic rings. The Kier molecular flexibility index (Phi) is 8.08. The third-order valence-corrected chi connectivity index (χ3v) is 7.47. The minimum atomic E-state index is -0.114. The second-order valence-electron chi connectivity index (χ2n) is 12.5. The topological polar surface area (TPSA) is 53.2 Å². The van der Waals surface area contributed by atoms with E-state index in [1.807, 2.05) is 30.3 Å². The number of carbonyl (C=O) groups excluding carboxylic acids is 1. The smallest absolute Gasteiger partial charge is 0.315 e. The fourth-order valence-corrected chi connectivity index (χ4v) is 5.18. The summed E-state index contributed by atoms with van der Waals surface area (Å²) in [6, 6.07) is 28.5. The summed E-state index contributed by atoms with van der Waals surface area (Å²) in [5, 5.41) is 9.91. The molecule has 2 amide bonds. The SMILES string of the molecule is CC(C)(C)c1ccc(C(c2ccc(C(C)(C)C)cc2)[C@H]2C[C@@H](NC(=O)NCc3ccccc3)CN2)cc1. The number of urea groups is 1. The number of nitrogens with one attached hydrogen (secondary N) is 3. The van der Waals surface area contributed by atoms with Crippen molar-refractivity contribution in [2.45, 2.75) is 83.3 Å². The molecule has 4 rings (SSSR count). The van der Waals surface area contributed by atoms with Crippen LogP contribution in [0.1, 0.15) is 81.7 Å². The van der Waals surface area contributed by atoms with Crippen molar-refractivity contribution in [1.29, 1.82) is 0 Å². The van der Waals surface area contributed by atoms with Crippen LogP contribution in [0, 0.1) is 0 Å². The van der Waals surface area contributed by atoms with Crippen molar-refractivity contribution in [3.8, 4) is 0 Å². The lowest BCUT2D eigenvalue weighted by atomic mass is 9.80. The highest BCUT2D eigenvalue weighted by atomic mass is 16.2. The van der Waals surface area contributed by atoms with Gasteiger partial charge in [0.05, 0.1) is 0 Å². The number of hydrogen-bond donors (Lipinski definition) is 3. The van der Waals surface area contributed by atoms with Gasteiger partial charge in [0.2, 0.25) is 0 Å². The second-order valence-corrected chi connectivity index (χ2v) is 12.5. The lowest BCUT2D eigenvalue weighted by molar-refractivity contribution is 0.237. The van der Waals surface area contributed by atoms with Gasteiger partial charge in [-0.05, 0) is 45.1 Å². The summed E-state index contributed by atoms with van der Waals surface area (Å²) < 4.78 is 0. The predicted octanol–water partition coefficient (Wildman–Crippen LogP) is 6.64. The zero-order chi connectivity index (χ0) is 26.6. The molecule has 3 N–H and O–H groups in total. The average Bonchev–Trinajstić information content (AvgIpc) is 3.31. The molecule has 0 bridgehead atoms. The maximum Gasteiger partial charge on any atom is 0.315 e. The zero-order valence-electron chi connectivity index (χ0n) is 23.3. The Morgan fingerprint density at radius 1 is 0.811 bits per heavy atom. The molecule has 0 aliphatic carbocycles. The lowest BCUT2D eigenvalue weighted by Crippen LogP contribution is -2.42. The van der Waals surface area contributed by atoms with Gasteiger partial charge in [0.1, 0.15) is 0 Å². The van der Waals surface area contributed by atoms with Gasteiger partial charge in [-0.3, -0.25) is 0 Å². The normalized spacial score (nSPS) is 18.1. The van der Waals surface area contributed by atoms with E-state index in [4.69, 9.17) is 0 Å². The summed E-state index contributed by atoms with van der Waals surface area (Å²) in [5.41, 5.74) is 6.63. The molecule has 1 fully saturated rings. The third kappa shape index (κ3) is 7.01. The highest BCUT2D eigenvalue weighted by Crippen LogP contribution is 2.35. The van der Waals surface area contributed by atoms with Gasteiger partial charge >= 0.3 is 6.03 Å². The van der Waals surface area contributed by atoms with Gasteiger partial charge in [0.25, 0.3) is 0 Å². The summed E-state index contributed by atoms with van der Waals surface area (Å²) >= 11 is 0. The van der Waals surface area contributed by atoms with Gasteiger partial charge in [-0.25, -0.2) is 4.79 Å². The van der Waals surface area contributed by atoms with Gasteiger partial charge in [-0.1, -0.05) is 120 Å². The van der Waals surface area contributed by atoms with Gasteiger partial charge in [0.15, 0.2) is 0 Å². The molecule has 0 saturated carbocycles. The molecule has 0 radical (unpaired) electrons. The quantitative estimate of drug-likeness (QED) is 0.357. The molecule has 1 aliphatic heterocycles. The van der Waals surface area contributed by atoms with Crippen LogP contribution < -0.4 is 16.0 Å². The Labute approximate surface area is 223 Å². The fourth-order valence-electron chi connectivity index (χ4n) is 5.18. The summed E-state index contributed by atoms with van der Waals surface area (Å²) in [5.74, 6) is 0.210. The molecule has 196 valence electrons. The van der Waals surface area contributed by atoms with E-state index in [0.717, 1.165) is 18.5 Å². The monoisotopic (exact) mass is 497 g/mol. The van der Waals surface area contributed by atoms with E-state index >= 15 is 0 Å². The Balaban J connectivity index is 1.50. The van der Waals surface area contributed by atoms with E-state index in [1.54, 1.807) is 0 Å². The number of rotatable bonds is 6. The molecule has 4 heteroatoms. The number of carbonyl (C=O) groups is 1. The maximum atomic E-state index is 12.6. The number of benzene rings is 3. The van der Waals surface area contributed by atoms with Crippen molar-refractivity contribution in [2.75, 3.05) is 6.54 Å². The molecule has 0 aromatic heterocycles. The fraction of sp³-hybridized carbons (Fsp3) is 0.424. The molecule has 1 heterocycles. The molecule has 4 nitrogen and oxygen atoms in total. The van der Waals surface area contributed by atoms with Crippen LogP contribution in [0.15, 0.2) is 78.9 Å². The molecular formula is C33H43N3O. The summed E-state index contributed by atoms with van der Waals surface area (Å²) in [7, 11) is 0. The van der Waals surface area contributed by atoms with Crippen molar-refractivity contribution in [3.63, 3.8) is 0 Å². The highest BCUT2D eigenvalue weighted by molar-refractivity contribution is 5.74. The van der Waals surface area contributed by atoms with Crippen molar-refractivity contribution < 1.29 is 4.79 Å². The first kappa shape index (κ1) is 26.9. The Morgan fingerprint density at radius 3 is 1.81 bits per heavy atom. The number of amides is 2. The number of hydrogen-bond acceptors (Lipinski definition) is 2. The molecule has 1 aliphatic rings. The maximum absolute atomic E-state index is 12.6. The first-order valence-corrected chi connectivity index (χ1v) is 13.5. The molecular weight excluding hydrogens is 454 g/mol. The Hall–Kier alpha value is -3.11. The van der Waals surface area contributed by atoms with Crippen LogP contribution in [0.2, 0.25) is 0 Å². The van der Waals surface area contributed by atoms with Gasteiger partial charge < -0.3 is 16.0 Å². The van der Waals surface area contributed by atoms with Gasteiger partial charge in [-0.15, -0.1) is 0 Å². The van der Waals surface area contributed by atoms with Crippen LogP contribution in [-0.4, -0.2) is 24.7 Å². The van der Waals surface area contributed by atoms with E-state index in [0.29, 0.717) is 6.54 Å². The molecule has 0 spiro atoms. The van der Waals surface area contributed by atoms with Crippen LogP contribution in [-0.2, 0) is 17.4 Å². The van der Waals surface area contributed by atoms with Crippen molar-refractivity contribution in [3.05, 3.63) is 107 Å². The van der Waals surface area contributed by atoms with Crippen molar-refractivity contribution in [2.24, 2.45) is 0 Å². The predicted molar refractivity (Wildman–Crippen MR) is 154 cm³/mol. The van der Waals surface area contributed by atoms with Gasteiger partial charge in [-0.2, -0.15) is 0 Å². The van der Waals surface area contributed by atoms with Crippen molar-refractivity contribution >= 4 is 6.03 Å². The molecule has 0 unspecified atom stereocenters. The van der Waals surface area contributed by atoms with E-state index in [-0.39, 0.29) is 34.9 Å². The van der Waals surface area contributed by atoms with E-state index in [9.17, 15) is 4.79 Å². The van der Waals surface area contributed by atoms with Crippen molar-refractivity contribution in [1.82, 2.24) is 16.0 Å². The summed E-state index contributed by atoms with van der Waals surface area (Å²) in [4.78, 5) is 12.6. The van der Waals surface area contributed by atoms with E-state index < -0.39 is 0 Å². The lowest BCUT2D eigenvalue weighted by Gasteiger charge is -2.27. The molecule has 37 heavy (non-hydrogen) atoms. The molecule has 1 saturated heterocycles. The van der Waals surface area contributed by atoms with E-state index in [1.165, 1.54) is 22.3 Å². The van der Waals surface area contributed by atoms with E-state index in [2.05, 4.69) is 106 Å². The minimum Gasteiger partial charge on any atom is -0.334 e. The summed E-state index contributed by atoms with van der Waals surface area (Å²) in [6.07, 6.45) is 0.880.